The van der Waals surface area contributed by atoms with Gasteiger partial charge < -0.3 is 13.9 Å². The van der Waals surface area contributed by atoms with E-state index in [1.54, 1.807) is 16.1 Å². The number of hydrogen-bond donors (Lipinski definition) is 0. The van der Waals surface area contributed by atoms with Gasteiger partial charge in [-0.05, 0) is 68.0 Å². The number of carbonyl (C=O) groups is 2. The highest BCUT2D eigenvalue weighted by molar-refractivity contribution is 6.00. The molecule has 3 heterocycles. The number of anilines is 1. The Morgan fingerprint density at radius 1 is 1.00 bits per heavy atom. The zero-order valence-electron chi connectivity index (χ0n) is 21.7. The summed E-state index contributed by atoms with van der Waals surface area (Å²) in [6, 6.07) is 15.1. The molecular weight excluding hydrogens is 438 g/mol. The van der Waals surface area contributed by atoms with E-state index in [0.717, 1.165) is 23.5 Å². The third-order valence-corrected chi connectivity index (χ3v) is 6.53. The Bertz CT molecular complexity index is 1170. The van der Waals surface area contributed by atoms with Crippen LogP contribution >= 0.6 is 0 Å². The van der Waals surface area contributed by atoms with Crippen LogP contribution in [0.5, 0.6) is 0 Å². The lowest BCUT2D eigenvalue weighted by atomic mass is 9.84. The average molecular weight is 476 g/mol. The van der Waals surface area contributed by atoms with E-state index >= 15 is 0 Å². The highest BCUT2D eigenvalue weighted by atomic mass is 16.3. The molecule has 0 fully saturated rings. The summed E-state index contributed by atoms with van der Waals surface area (Å²) in [5.74, 6) is 0.827. The van der Waals surface area contributed by atoms with Gasteiger partial charge >= 0.3 is 0 Å². The third kappa shape index (κ3) is 5.21. The second-order valence-electron chi connectivity index (χ2n) is 11.2. The van der Waals surface area contributed by atoms with Crippen molar-refractivity contribution in [1.29, 1.82) is 0 Å². The molecule has 2 unspecified atom stereocenters. The number of aromatic nitrogens is 1. The summed E-state index contributed by atoms with van der Waals surface area (Å²) in [6.45, 7) is 12.6. The number of nitrogens with zero attached hydrogens (tertiary/aromatic N) is 3. The topological polar surface area (TPSA) is 58.7 Å². The zero-order chi connectivity index (χ0) is 25.3. The minimum atomic E-state index is -0.411. The van der Waals surface area contributed by atoms with Gasteiger partial charge in [0.05, 0.1) is 23.3 Å². The zero-order valence-corrected chi connectivity index (χ0v) is 21.7. The molecule has 0 saturated carbocycles. The van der Waals surface area contributed by atoms with Crippen molar-refractivity contribution in [3.8, 4) is 5.69 Å². The first kappa shape index (κ1) is 24.8. The minimum Gasteiger partial charge on any atom is -0.467 e. The van der Waals surface area contributed by atoms with Crippen LogP contribution in [0, 0.1) is 11.3 Å². The van der Waals surface area contributed by atoms with Gasteiger partial charge in [-0.3, -0.25) is 14.5 Å². The van der Waals surface area contributed by atoms with Crippen LogP contribution in [0.3, 0.4) is 0 Å². The maximum atomic E-state index is 14.0. The Morgan fingerprint density at radius 2 is 1.71 bits per heavy atom. The summed E-state index contributed by atoms with van der Waals surface area (Å²) >= 11 is 0. The van der Waals surface area contributed by atoms with Crippen molar-refractivity contribution in [1.82, 2.24) is 9.47 Å². The lowest BCUT2D eigenvalue weighted by molar-refractivity contribution is -0.138. The molecule has 35 heavy (non-hydrogen) atoms. The first-order chi connectivity index (χ1) is 16.6. The standard InChI is InChI=1S/C29H37N3O3/c1-20(2)31(26(33)17-21(3)18-29(4,5)6)19-27(34)32-23-12-8-7-11-22(23)30-15-9-13-24(30)28(32)25-14-10-16-35-25/h7-16,20-21,28H,17-19H2,1-6H3. The van der Waals surface area contributed by atoms with E-state index in [9.17, 15) is 9.59 Å². The second-order valence-corrected chi connectivity index (χ2v) is 11.2. The molecule has 4 rings (SSSR count). The lowest BCUT2D eigenvalue weighted by Crippen LogP contribution is -2.48. The predicted molar refractivity (Wildman–Crippen MR) is 139 cm³/mol. The summed E-state index contributed by atoms with van der Waals surface area (Å²) in [5.41, 5.74) is 2.85. The van der Waals surface area contributed by atoms with Gasteiger partial charge in [0, 0.05) is 18.7 Å². The SMILES string of the molecule is CC(CC(=O)N(CC(=O)N1c2ccccc2-n2cccc2C1c1ccco1)C(C)C)CC(C)(C)C. The normalized spacial score (nSPS) is 16.1. The Labute approximate surface area is 208 Å². The molecule has 0 saturated heterocycles. The fourth-order valence-corrected chi connectivity index (χ4v) is 5.29. The van der Waals surface area contributed by atoms with Crippen LogP contribution in [-0.4, -0.2) is 33.9 Å². The van der Waals surface area contributed by atoms with Gasteiger partial charge in [0.25, 0.3) is 0 Å². The van der Waals surface area contributed by atoms with E-state index in [4.69, 9.17) is 4.42 Å². The van der Waals surface area contributed by atoms with Crippen molar-refractivity contribution in [2.75, 3.05) is 11.4 Å². The molecule has 0 radical (unpaired) electrons. The quantitative estimate of drug-likeness (QED) is 0.408. The molecule has 0 N–H and O–H groups in total. The molecule has 1 aromatic carbocycles. The molecule has 2 atom stereocenters. The van der Waals surface area contributed by atoms with Crippen molar-refractivity contribution >= 4 is 17.5 Å². The lowest BCUT2D eigenvalue weighted by Gasteiger charge is -2.39. The summed E-state index contributed by atoms with van der Waals surface area (Å²) in [6.07, 6.45) is 5.03. The van der Waals surface area contributed by atoms with Crippen LogP contribution in [-0.2, 0) is 9.59 Å². The van der Waals surface area contributed by atoms with E-state index in [1.165, 1.54) is 0 Å². The summed E-state index contributed by atoms with van der Waals surface area (Å²) in [7, 11) is 0. The fourth-order valence-electron chi connectivity index (χ4n) is 5.29. The Hall–Kier alpha value is -3.28. The number of benzene rings is 1. The van der Waals surface area contributed by atoms with Crippen LogP contribution in [0.25, 0.3) is 5.69 Å². The Balaban J connectivity index is 1.65. The Kier molecular flexibility index (Phi) is 6.93. The second kappa shape index (κ2) is 9.76. The van der Waals surface area contributed by atoms with Crippen LogP contribution in [0.15, 0.2) is 65.4 Å². The minimum absolute atomic E-state index is 0.0188. The number of rotatable bonds is 7. The van der Waals surface area contributed by atoms with Crippen molar-refractivity contribution in [2.45, 2.75) is 66.5 Å². The van der Waals surface area contributed by atoms with Crippen LogP contribution in [0.4, 0.5) is 5.69 Å². The molecular formula is C29H37N3O3. The van der Waals surface area contributed by atoms with E-state index in [-0.39, 0.29) is 35.7 Å². The molecule has 0 bridgehead atoms. The predicted octanol–water partition coefficient (Wildman–Crippen LogP) is 6.21. The molecule has 2 amide bonds. The fraction of sp³-hybridized carbons (Fsp3) is 0.448. The number of carbonyl (C=O) groups excluding carboxylic acids is 2. The Morgan fingerprint density at radius 3 is 2.34 bits per heavy atom. The van der Waals surface area contributed by atoms with E-state index in [0.29, 0.717) is 12.2 Å². The molecule has 1 aliphatic rings. The highest BCUT2D eigenvalue weighted by Gasteiger charge is 2.38. The molecule has 1 aliphatic heterocycles. The number of fused-ring (bicyclic) bond motifs is 3. The van der Waals surface area contributed by atoms with Crippen molar-refractivity contribution < 1.29 is 14.0 Å². The van der Waals surface area contributed by atoms with Crippen molar-refractivity contribution in [3.63, 3.8) is 0 Å². The van der Waals surface area contributed by atoms with Crippen molar-refractivity contribution in [2.24, 2.45) is 11.3 Å². The van der Waals surface area contributed by atoms with Crippen LogP contribution in [0.1, 0.15) is 71.9 Å². The first-order valence-electron chi connectivity index (χ1n) is 12.5. The van der Waals surface area contributed by atoms with E-state index < -0.39 is 6.04 Å². The number of hydrogen-bond acceptors (Lipinski definition) is 3. The van der Waals surface area contributed by atoms with E-state index in [1.807, 2.05) is 68.6 Å². The van der Waals surface area contributed by atoms with Crippen molar-refractivity contribution in [3.05, 3.63) is 72.4 Å². The van der Waals surface area contributed by atoms with Gasteiger partial charge in [0.15, 0.2) is 0 Å². The van der Waals surface area contributed by atoms with Gasteiger partial charge in [-0.1, -0.05) is 39.8 Å². The molecule has 6 heteroatoms. The number of furan rings is 1. The van der Waals surface area contributed by atoms with Gasteiger partial charge in [0.2, 0.25) is 11.8 Å². The van der Waals surface area contributed by atoms with Gasteiger partial charge in [-0.15, -0.1) is 0 Å². The first-order valence-corrected chi connectivity index (χ1v) is 12.5. The molecule has 186 valence electrons. The summed E-state index contributed by atoms with van der Waals surface area (Å²) in [5, 5.41) is 0. The summed E-state index contributed by atoms with van der Waals surface area (Å²) < 4.78 is 7.91. The largest absolute Gasteiger partial charge is 0.467 e. The summed E-state index contributed by atoms with van der Waals surface area (Å²) in [4.78, 5) is 30.9. The van der Waals surface area contributed by atoms with Gasteiger partial charge in [-0.25, -0.2) is 0 Å². The molecule has 3 aromatic rings. The van der Waals surface area contributed by atoms with Gasteiger partial charge in [0.1, 0.15) is 18.3 Å². The average Bonchev–Trinajstić information content (AvgIpc) is 3.47. The highest BCUT2D eigenvalue weighted by Crippen LogP contribution is 2.42. The molecule has 6 nitrogen and oxygen atoms in total. The molecule has 0 spiro atoms. The smallest absolute Gasteiger partial charge is 0.247 e. The van der Waals surface area contributed by atoms with Crippen LogP contribution < -0.4 is 4.90 Å². The van der Waals surface area contributed by atoms with Gasteiger partial charge in [-0.2, -0.15) is 0 Å². The third-order valence-electron chi connectivity index (χ3n) is 6.53. The molecule has 2 aromatic heterocycles. The van der Waals surface area contributed by atoms with E-state index in [2.05, 4.69) is 32.3 Å². The van der Waals surface area contributed by atoms with Crippen LogP contribution in [0.2, 0.25) is 0 Å². The maximum Gasteiger partial charge on any atom is 0.247 e. The molecule has 0 aliphatic carbocycles. The monoisotopic (exact) mass is 475 g/mol. The number of amides is 2. The number of para-hydroxylation sites is 2. The maximum absolute atomic E-state index is 14.0.